The number of benzene rings is 2. The van der Waals surface area contributed by atoms with Crippen molar-refractivity contribution in [2.45, 2.75) is 6.92 Å². The Morgan fingerprint density at radius 1 is 1.17 bits per heavy atom. The summed E-state index contributed by atoms with van der Waals surface area (Å²) in [4.78, 5) is 14.2. The number of aryl methyl sites for hydroxylation is 1. The standard InChI is InChI=1S/C20H14ClN5O2S2/c1-10-23-24-20-26(10)25-19(30-20)11-7-8-14(28-2)13(9-11)22-18(27)17-16(21)12-5-3-4-6-15(12)29-17/h3-9H,1-2H3,(H,22,27). The summed E-state index contributed by atoms with van der Waals surface area (Å²) in [7, 11) is 1.56. The molecule has 0 radical (unpaired) electrons. The van der Waals surface area contributed by atoms with Crippen molar-refractivity contribution < 1.29 is 9.53 Å². The summed E-state index contributed by atoms with van der Waals surface area (Å²) in [5, 5.41) is 17.7. The molecule has 0 aliphatic carbocycles. The number of carbonyl (C=O) groups is 1. The smallest absolute Gasteiger partial charge is 0.267 e. The monoisotopic (exact) mass is 455 g/mol. The molecule has 3 heterocycles. The molecule has 5 rings (SSSR count). The first-order valence-corrected chi connectivity index (χ1v) is 10.9. The molecule has 0 fully saturated rings. The third-order valence-electron chi connectivity index (χ3n) is 4.58. The number of halogens is 1. The van der Waals surface area contributed by atoms with E-state index in [9.17, 15) is 4.79 Å². The summed E-state index contributed by atoms with van der Waals surface area (Å²) in [5.41, 5.74) is 1.37. The highest BCUT2D eigenvalue weighted by Gasteiger charge is 2.19. The van der Waals surface area contributed by atoms with Crippen molar-refractivity contribution in [3.63, 3.8) is 0 Å². The van der Waals surface area contributed by atoms with E-state index in [0.29, 0.717) is 32.1 Å². The minimum absolute atomic E-state index is 0.286. The van der Waals surface area contributed by atoms with Gasteiger partial charge in [-0.15, -0.1) is 21.5 Å². The Bertz CT molecular complexity index is 1420. The van der Waals surface area contributed by atoms with Crippen LogP contribution < -0.4 is 10.1 Å². The van der Waals surface area contributed by atoms with Crippen molar-refractivity contribution in [3.8, 4) is 16.3 Å². The molecule has 3 aromatic heterocycles. The van der Waals surface area contributed by atoms with E-state index in [0.717, 1.165) is 20.7 Å². The van der Waals surface area contributed by atoms with E-state index in [4.69, 9.17) is 16.3 Å². The van der Waals surface area contributed by atoms with Gasteiger partial charge in [0.05, 0.1) is 17.8 Å². The van der Waals surface area contributed by atoms with Gasteiger partial charge in [0.2, 0.25) is 4.96 Å². The Morgan fingerprint density at radius 2 is 2.00 bits per heavy atom. The van der Waals surface area contributed by atoms with Gasteiger partial charge in [0, 0.05) is 15.6 Å². The SMILES string of the molecule is COc1ccc(-c2nn3c(C)nnc3s2)cc1NC(=O)c1sc2ccccc2c1Cl. The average molecular weight is 456 g/mol. The summed E-state index contributed by atoms with van der Waals surface area (Å²) in [5.74, 6) is 0.975. The quantitative estimate of drug-likeness (QED) is 0.398. The van der Waals surface area contributed by atoms with Gasteiger partial charge in [0.25, 0.3) is 5.91 Å². The fraction of sp³-hybridized carbons (Fsp3) is 0.100. The third kappa shape index (κ3) is 3.11. The summed E-state index contributed by atoms with van der Waals surface area (Å²) in [6.45, 7) is 1.85. The predicted molar refractivity (Wildman–Crippen MR) is 120 cm³/mol. The van der Waals surface area contributed by atoms with Crippen LogP contribution in [0.5, 0.6) is 5.75 Å². The van der Waals surface area contributed by atoms with Crippen molar-refractivity contribution in [3.05, 3.63) is 58.2 Å². The van der Waals surface area contributed by atoms with Gasteiger partial charge < -0.3 is 10.1 Å². The number of aromatic nitrogens is 4. The molecule has 7 nitrogen and oxygen atoms in total. The van der Waals surface area contributed by atoms with Gasteiger partial charge in [-0.3, -0.25) is 4.79 Å². The molecular formula is C20H14ClN5O2S2. The molecule has 30 heavy (non-hydrogen) atoms. The fourth-order valence-corrected chi connectivity index (χ4v) is 5.40. The molecule has 0 unspecified atom stereocenters. The molecule has 5 aromatic rings. The first-order valence-electron chi connectivity index (χ1n) is 8.91. The first kappa shape index (κ1) is 19.0. The number of ether oxygens (including phenoxy) is 1. The highest BCUT2D eigenvalue weighted by atomic mass is 35.5. The molecule has 10 heteroatoms. The number of anilines is 1. The number of carbonyl (C=O) groups excluding carboxylic acids is 1. The molecular weight excluding hydrogens is 442 g/mol. The van der Waals surface area contributed by atoms with E-state index in [-0.39, 0.29) is 5.91 Å². The molecule has 0 saturated heterocycles. The molecule has 0 aliphatic rings. The summed E-state index contributed by atoms with van der Waals surface area (Å²) in [6, 6.07) is 13.2. The van der Waals surface area contributed by atoms with Gasteiger partial charge in [0.1, 0.15) is 15.6 Å². The molecule has 0 bridgehead atoms. The Labute approximate surface area is 183 Å². The van der Waals surface area contributed by atoms with Crippen LogP contribution in [0.25, 0.3) is 25.6 Å². The lowest BCUT2D eigenvalue weighted by Gasteiger charge is -2.11. The first-order chi connectivity index (χ1) is 14.5. The minimum Gasteiger partial charge on any atom is -0.495 e. The number of hydrogen-bond donors (Lipinski definition) is 1. The zero-order valence-corrected chi connectivity index (χ0v) is 18.2. The number of nitrogens with one attached hydrogen (secondary N) is 1. The van der Waals surface area contributed by atoms with E-state index in [2.05, 4.69) is 20.6 Å². The summed E-state index contributed by atoms with van der Waals surface area (Å²) >= 11 is 9.24. The van der Waals surface area contributed by atoms with Crippen molar-refractivity contribution in [2.75, 3.05) is 12.4 Å². The number of nitrogens with zero attached hydrogens (tertiary/aromatic N) is 4. The van der Waals surface area contributed by atoms with Crippen LogP contribution in [-0.4, -0.2) is 32.8 Å². The average Bonchev–Trinajstić information content (AvgIpc) is 3.43. The Morgan fingerprint density at radius 3 is 2.77 bits per heavy atom. The van der Waals surface area contributed by atoms with E-state index in [1.807, 2.05) is 43.3 Å². The zero-order valence-electron chi connectivity index (χ0n) is 15.8. The van der Waals surface area contributed by atoms with Crippen LogP contribution in [0, 0.1) is 6.92 Å². The van der Waals surface area contributed by atoms with Crippen molar-refractivity contribution in [2.24, 2.45) is 0 Å². The second-order valence-corrected chi connectivity index (χ2v) is 8.85. The lowest BCUT2D eigenvalue weighted by Crippen LogP contribution is -2.11. The van der Waals surface area contributed by atoms with E-state index >= 15 is 0 Å². The topological polar surface area (TPSA) is 81.4 Å². The predicted octanol–water partition coefficient (Wildman–Crippen LogP) is 5.29. The Balaban J connectivity index is 1.51. The molecule has 0 spiro atoms. The van der Waals surface area contributed by atoms with Crippen LogP contribution in [-0.2, 0) is 0 Å². The van der Waals surface area contributed by atoms with Crippen molar-refractivity contribution in [1.29, 1.82) is 0 Å². The summed E-state index contributed by atoms with van der Waals surface area (Å²) in [6.07, 6.45) is 0. The molecule has 1 amide bonds. The largest absolute Gasteiger partial charge is 0.495 e. The highest BCUT2D eigenvalue weighted by Crippen LogP contribution is 2.37. The number of amides is 1. The second kappa shape index (κ2) is 7.35. The van der Waals surface area contributed by atoms with E-state index in [1.165, 1.54) is 22.7 Å². The van der Waals surface area contributed by atoms with Crippen LogP contribution in [0.3, 0.4) is 0 Å². The van der Waals surface area contributed by atoms with Gasteiger partial charge in [-0.2, -0.15) is 9.61 Å². The minimum atomic E-state index is -0.286. The van der Waals surface area contributed by atoms with Gasteiger partial charge in [-0.05, 0) is 31.2 Å². The number of thiophene rings is 1. The molecule has 1 N–H and O–H groups in total. The normalized spacial score (nSPS) is 11.3. The van der Waals surface area contributed by atoms with Gasteiger partial charge in [-0.1, -0.05) is 41.1 Å². The Kier molecular flexibility index (Phi) is 4.65. The number of hydrogen-bond acceptors (Lipinski definition) is 7. The maximum atomic E-state index is 13.0. The molecule has 150 valence electrons. The van der Waals surface area contributed by atoms with Gasteiger partial charge in [-0.25, -0.2) is 0 Å². The van der Waals surface area contributed by atoms with Gasteiger partial charge in [0.15, 0.2) is 5.82 Å². The van der Waals surface area contributed by atoms with Crippen LogP contribution in [0.2, 0.25) is 5.02 Å². The van der Waals surface area contributed by atoms with Crippen LogP contribution in [0.15, 0.2) is 42.5 Å². The third-order valence-corrected chi connectivity index (χ3v) is 7.20. The summed E-state index contributed by atoms with van der Waals surface area (Å²) < 4.78 is 8.09. The van der Waals surface area contributed by atoms with Crippen LogP contribution >= 0.6 is 34.3 Å². The lowest BCUT2D eigenvalue weighted by molar-refractivity contribution is 0.103. The fourth-order valence-electron chi connectivity index (χ4n) is 3.11. The molecule has 0 atom stereocenters. The molecule has 0 saturated carbocycles. The zero-order chi connectivity index (χ0) is 20.8. The van der Waals surface area contributed by atoms with Crippen LogP contribution in [0.1, 0.15) is 15.5 Å². The van der Waals surface area contributed by atoms with Crippen molar-refractivity contribution >= 4 is 60.9 Å². The molecule has 0 aliphatic heterocycles. The number of rotatable bonds is 4. The lowest BCUT2D eigenvalue weighted by atomic mass is 10.2. The maximum absolute atomic E-state index is 13.0. The van der Waals surface area contributed by atoms with E-state index < -0.39 is 0 Å². The maximum Gasteiger partial charge on any atom is 0.267 e. The van der Waals surface area contributed by atoms with E-state index in [1.54, 1.807) is 17.7 Å². The number of methoxy groups -OCH3 is 1. The van der Waals surface area contributed by atoms with Gasteiger partial charge >= 0.3 is 0 Å². The number of fused-ring (bicyclic) bond motifs is 2. The molecule has 2 aromatic carbocycles. The van der Waals surface area contributed by atoms with Crippen molar-refractivity contribution in [1.82, 2.24) is 19.8 Å². The van der Waals surface area contributed by atoms with Crippen LogP contribution in [0.4, 0.5) is 5.69 Å². The Hall–Kier alpha value is -3.01. The second-order valence-electron chi connectivity index (χ2n) is 6.46. The highest BCUT2D eigenvalue weighted by molar-refractivity contribution is 7.21.